The number of aromatic nitrogens is 3. The summed E-state index contributed by atoms with van der Waals surface area (Å²) in [7, 11) is 0. The summed E-state index contributed by atoms with van der Waals surface area (Å²) < 4.78 is 12.8. The minimum Gasteiger partial charge on any atom is -0.338 e. The quantitative estimate of drug-likeness (QED) is 0.868. The van der Waals surface area contributed by atoms with Gasteiger partial charge in [-0.15, -0.1) is 0 Å². The Labute approximate surface area is 127 Å². The number of hydrogen-bond acceptors (Lipinski definition) is 5. The molecule has 1 saturated heterocycles. The lowest BCUT2D eigenvalue weighted by Gasteiger charge is -2.34. The zero-order chi connectivity index (χ0) is 14.7. The summed E-state index contributed by atoms with van der Waals surface area (Å²) in [5, 5.41) is 0.650. The summed E-state index contributed by atoms with van der Waals surface area (Å²) in [6.07, 6.45) is 4.07. The zero-order valence-electron chi connectivity index (χ0n) is 11.4. The van der Waals surface area contributed by atoms with Gasteiger partial charge in [-0.2, -0.15) is 0 Å². The fraction of sp³-hybridized carbons (Fsp3) is 0.357. The number of rotatable bonds is 3. The second kappa shape index (κ2) is 6.32. The molecule has 0 aliphatic carbocycles. The topological polar surface area (TPSA) is 45.2 Å². The van der Waals surface area contributed by atoms with Crippen LogP contribution in [0.15, 0.2) is 30.7 Å². The van der Waals surface area contributed by atoms with Gasteiger partial charge in [0.05, 0.1) is 23.1 Å². The molecule has 1 aliphatic heterocycles. The van der Waals surface area contributed by atoms with Gasteiger partial charge in [-0.05, 0) is 12.1 Å². The first-order valence-corrected chi connectivity index (χ1v) is 7.14. The van der Waals surface area contributed by atoms with E-state index in [0.29, 0.717) is 11.0 Å². The molecule has 2 aromatic rings. The number of anilines is 1. The van der Waals surface area contributed by atoms with Gasteiger partial charge in [0.25, 0.3) is 0 Å². The van der Waals surface area contributed by atoms with Crippen molar-refractivity contribution >= 4 is 17.5 Å². The highest BCUT2D eigenvalue weighted by Crippen LogP contribution is 2.13. The van der Waals surface area contributed by atoms with Crippen LogP contribution in [0.1, 0.15) is 5.69 Å². The van der Waals surface area contributed by atoms with E-state index in [9.17, 15) is 4.39 Å². The van der Waals surface area contributed by atoms with E-state index in [1.165, 1.54) is 12.4 Å². The van der Waals surface area contributed by atoms with Crippen LogP contribution in [0.5, 0.6) is 0 Å². The highest BCUT2D eigenvalue weighted by atomic mass is 35.5. The molecule has 0 aromatic carbocycles. The molecule has 21 heavy (non-hydrogen) atoms. The number of hydrogen-bond donors (Lipinski definition) is 0. The number of pyridine rings is 1. The SMILES string of the molecule is Fc1cnc(N2CCN(Cc3ccc(Cl)cn3)CC2)nc1. The second-order valence-corrected chi connectivity index (χ2v) is 5.37. The Morgan fingerprint density at radius 1 is 1.00 bits per heavy atom. The first kappa shape index (κ1) is 14.2. The van der Waals surface area contributed by atoms with E-state index >= 15 is 0 Å². The van der Waals surface area contributed by atoms with Crippen LogP contribution in [0.2, 0.25) is 5.02 Å². The minimum atomic E-state index is -0.411. The number of halogens is 2. The minimum absolute atomic E-state index is 0.411. The molecule has 3 heterocycles. The van der Waals surface area contributed by atoms with E-state index in [0.717, 1.165) is 38.4 Å². The summed E-state index contributed by atoms with van der Waals surface area (Å²) in [5.74, 6) is 0.173. The smallest absolute Gasteiger partial charge is 0.225 e. The van der Waals surface area contributed by atoms with Crippen molar-refractivity contribution in [1.82, 2.24) is 19.9 Å². The van der Waals surface area contributed by atoms with Crippen molar-refractivity contribution < 1.29 is 4.39 Å². The zero-order valence-corrected chi connectivity index (χ0v) is 12.2. The molecule has 2 aromatic heterocycles. The summed E-state index contributed by atoms with van der Waals surface area (Å²) >= 11 is 5.83. The normalized spacial score (nSPS) is 16.2. The van der Waals surface area contributed by atoms with Crippen molar-refractivity contribution in [2.45, 2.75) is 6.54 Å². The highest BCUT2D eigenvalue weighted by Gasteiger charge is 2.19. The van der Waals surface area contributed by atoms with Gasteiger partial charge in [-0.1, -0.05) is 11.6 Å². The number of nitrogens with zero attached hydrogens (tertiary/aromatic N) is 5. The first-order valence-electron chi connectivity index (χ1n) is 6.76. The van der Waals surface area contributed by atoms with Gasteiger partial charge in [0.15, 0.2) is 5.82 Å². The maximum Gasteiger partial charge on any atom is 0.225 e. The molecule has 3 rings (SSSR count). The van der Waals surface area contributed by atoms with E-state index in [1.807, 2.05) is 12.1 Å². The van der Waals surface area contributed by atoms with Crippen LogP contribution in [0.3, 0.4) is 0 Å². The fourth-order valence-corrected chi connectivity index (χ4v) is 2.42. The van der Waals surface area contributed by atoms with E-state index in [-0.39, 0.29) is 0 Å². The molecular weight excluding hydrogens is 293 g/mol. The molecule has 0 spiro atoms. The van der Waals surface area contributed by atoms with Gasteiger partial charge in [0, 0.05) is 38.9 Å². The van der Waals surface area contributed by atoms with Crippen LogP contribution in [-0.4, -0.2) is 46.0 Å². The Morgan fingerprint density at radius 2 is 1.71 bits per heavy atom. The van der Waals surface area contributed by atoms with Crippen molar-refractivity contribution in [2.24, 2.45) is 0 Å². The van der Waals surface area contributed by atoms with Crippen molar-refractivity contribution in [3.63, 3.8) is 0 Å². The maximum absolute atomic E-state index is 12.8. The molecule has 7 heteroatoms. The first-order chi connectivity index (χ1) is 10.2. The second-order valence-electron chi connectivity index (χ2n) is 4.93. The summed E-state index contributed by atoms with van der Waals surface area (Å²) in [5.41, 5.74) is 1.01. The van der Waals surface area contributed by atoms with Gasteiger partial charge in [-0.25, -0.2) is 14.4 Å². The predicted octanol–water partition coefficient (Wildman–Crippen LogP) is 1.99. The summed E-state index contributed by atoms with van der Waals surface area (Å²) in [4.78, 5) is 16.7. The molecule has 0 N–H and O–H groups in total. The van der Waals surface area contributed by atoms with Crippen molar-refractivity contribution in [3.05, 3.63) is 47.3 Å². The molecule has 0 saturated carbocycles. The summed E-state index contributed by atoms with van der Waals surface area (Å²) in [6, 6.07) is 3.80. The van der Waals surface area contributed by atoms with Crippen LogP contribution in [0, 0.1) is 5.82 Å². The molecule has 0 amide bonds. The monoisotopic (exact) mass is 307 g/mol. The Morgan fingerprint density at radius 3 is 2.33 bits per heavy atom. The highest BCUT2D eigenvalue weighted by molar-refractivity contribution is 6.30. The average Bonchev–Trinajstić information content (AvgIpc) is 2.51. The average molecular weight is 308 g/mol. The molecule has 0 radical (unpaired) electrons. The maximum atomic E-state index is 12.8. The van der Waals surface area contributed by atoms with Crippen LogP contribution in [0.4, 0.5) is 10.3 Å². The molecule has 1 aliphatic rings. The lowest BCUT2D eigenvalue weighted by Crippen LogP contribution is -2.46. The lowest BCUT2D eigenvalue weighted by molar-refractivity contribution is 0.246. The van der Waals surface area contributed by atoms with E-state index in [4.69, 9.17) is 11.6 Å². The van der Waals surface area contributed by atoms with Gasteiger partial charge >= 0.3 is 0 Å². The Balaban J connectivity index is 1.55. The molecule has 110 valence electrons. The lowest BCUT2D eigenvalue weighted by atomic mass is 10.3. The fourth-order valence-electron chi connectivity index (χ4n) is 2.30. The van der Waals surface area contributed by atoms with Crippen LogP contribution in [0.25, 0.3) is 0 Å². The number of piperazine rings is 1. The Hall–Kier alpha value is -1.79. The van der Waals surface area contributed by atoms with Crippen LogP contribution in [-0.2, 0) is 6.54 Å². The standard InChI is InChI=1S/C14H15ClFN5/c15-11-1-2-13(17-7-11)10-20-3-5-21(6-4-20)14-18-8-12(16)9-19-14/h1-2,7-9H,3-6,10H2. The van der Waals surface area contributed by atoms with E-state index in [1.54, 1.807) is 6.20 Å². The van der Waals surface area contributed by atoms with Gasteiger partial charge in [-0.3, -0.25) is 9.88 Å². The largest absolute Gasteiger partial charge is 0.338 e. The van der Waals surface area contributed by atoms with Crippen molar-refractivity contribution in [3.8, 4) is 0 Å². The van der Waals surface area contributed by atoms with Gasteiger partial charge in [0.1, 0.15) is 0 Å². The van der Waals surface area contributed by atoms with Gasteiger partial charge in [0.2, 0.25) is 5.95 Å². The molecule has 0 atom stereocenters. The van der Waals surface area contributed by atoms with E-state index < -0.39 is 5.82 Å². The summed E-state index contributed by atoms with van der Waals surface area (Å²) in [6.45, 7) is 4.23. The predicted molar refractivity (Wildman–Crippen MR) is 78.7 cm³/mol. The molecular formula is C14H15ClFN5. The van der Waals surface area contributed by atoms with E-state index in [2.05, 4.69) is 24.8 Å². The molecule has 5 nitrogen and oxygen atoms in total. The van der Waals surface area contributed by atoms with Gasteiger partial charge < -0.3 is 4.90 Å². The Kier molecular flexibility index (Phi) is 4.26. The Bertz CT molecular complexity index is 581. The third-order valence-electron chi connectivity index (χ3n) is 3.44. The molecule has 1 fully saturated rings. The van der Waals surface area contributed by atoms with Crippen molar-refractivity contribution in [1.29, 1.82) is 0 Å². The van der Waals surface area contributed by atoms with Crippen molar-refractivity contribution in [2.75, 3.05) is 31.1 Å². The molecule has 0 unspecified atom stereocenters. The third kappa shape index (κ3) is 3.65. The van der Waals surface area contributed by atoms with Crippen LogP contribution >= 0.6 is 11.6 Å². The third-order valence-corrected chi connectivity index (χ3v) is 3.66. The molecule has 0 bridgehead atoms. The van der Waals surface area contributed by atoms with Crippen LogP contribution < -0.4 is 4.90 Å².